The molecular formula is C16H18BrNO2. The highest BCUT2D eigenvalue weighted by Gasteiger charge is 2.09. The number of aliphatic hydroxyl groups excluding tert-OH is 1. The molecule has 1 aromatic carbocycles. The summed E-state index contributed by atoms with van der Waals surface area (Å²) >= 11 is 3.45. The van der Waals surface area contributed by atoms with Crippen LogP contribution in [0.25, 0.3) is 0 Å². The number of hydrogen-bond acceptors (Lipinski definition) is 3. The molecular weight excluding hydrogens is 318 g/mol. The molecule has 0 radical (unpaired) electrons. The van der Waals surface area contributed by atoms with Gasteiger partial charge in [-0.3, -0.25) is 4.98 Å². The minimum Gasteiger partial charge on any atom is -0.455 e. The second-order valence-electron chi connectivity index (χ2n) is 4.71. The molecule has 0 fully saturated rings. The predicted molar refractivity (Wildman–Crippen MR) is 83.2 cm³/mol. The van der Waals surface area contributed by atoms with Gasteiger partial charge in [-0.25, -0.2) is 0 Å². The van der Waals surface area contributed by atoms with Gasteiger partial charge >= 0.3 is 0 Å². The Hall–Kier alpha value is -1.39. The zero-order valence-electron chi connectivity index (χ0n) is 11.9. The number of benzene rings is 1. The van der Waals surface area contributed by atoms with E-state index in [0.717, 1.165) is 39.3 Å². The average molecular weight is 336 g/mol. The number of aryl methyl sites for hydroxylation is 2. The maximum absolute atomic E-state index is 9.62. The van der Waals surface area contributed by atoms with Gasteiger partial charge in [-0.1, -0.05) is 28.9 Å². The van der Waals surface area contributed by atoms with E-state index < -0.39 is 6.10 Å². The Labute approximate surface area is 127 Å². The molecule has 0 aliphatic heterocycles. The first-order chi connectivity index (χ1) is 9.51. The normalized spacial score (nSPS) is 12.2. The zero-order valence-corrected chi connectivity index (χ0v) is 13.4. The SMILES string of the molecule is CCc1nc(C)ccc1Oc1ccc([C@@H](C)O)c(Br)c1. The molecule has 0 unspecified atom stereocenters. The van der Waals surface area contributed by atoms with Gasteiger partial charge in [-0.05, 0) is 50.1 Å². The molecule has 3 nitrogen and oxygen atoms in total. The van der Waals surface area contributed by atoms with Crippen molar-refractivity contribution in [3.05, 3.63) is 51.8 Å². The maximum atomic E-state index is 9.62. The van der Waals surface area contributed by atoms with Crippen molar-refractivity contribution >= 4 is 15.9 Å². The standard InChI is InChI=1S/C16H18BrNO2/c1-4-15-16(8-5-10(2)18-15)20-12-6-7-13(11(3)19)14(17)9-12/h5-9,11,19H,4H2,1-3H3/t11-/m1/s1. The van der Waals surface area contributed by atoms with Gasteiger partial charge < -0.3 is 9.84 Å². The summed E-state index contributed by atoms with van der Waals surface area (Å²) in [7, 11) is 0. The predicted octanol–water partition coefficient (Wildman–Crippen LogP) is 4.56. The maximum Gasteiger partial charge on any atom is 0.148 e. The molecule has 1 aromatic heterocycles. The molecule has 20 heavy (non-hydrogen) atoms. The van der Waals surface area contributed by atoms with E-state index in [0.29, 0.717) is 0 Å². The summed E-state index contributed by atoms with van der Waals surface area (Å²) in [5.74, 6) is 1.50. The molecule has 0 spiro atoms. The lowest BCUT2D eigenvalue weighted by atomic mass is 10.1. The first-order valence-electron chi connectivity index (χ1n) is 6.63. The van der Waals surface area contributed by atoms with E-state index in [9.17, 15) is 5.11 Å². The van der Waals surface area contributed by atoms with Crippen LogP contribution >= 0.6 is 15.9 Å². The highest BCUT2D eigenvalue weighted by molar-refractivity contribution is 9.10. The second kappa shape index (κ2) is 6.37. The van der Waals surface area contributed by atoms with Crippen LogP contribution in [-0.4, -0.2) is 10.1 Å². The van der Waals surface area contributed by atoms with Gasteiger partial charge in [0.1, 0.15) is 11.5 Å². The van der Waals surface area contributed by atoms with Crippen molar-refractivity contribution in [1.29, 1.82) is 0 Å². The zero-order chi connectivity index (χ0) is 14.7. The van der Waals surface area contributed by atoms with Crippen LogP contribution in [0.1, 0.15) is 36.9 Å². The molecule has 0 saturated heterocycles. The van der Waals surface area contributed by atoms with Gasteiger partial charge in [-0.2, -0.15) is 0 Å². The fourth-order valence-corrected chi connectivity index (χ4v) is 2.67. The molecule has 0 amide bonds. The fourth-order valence-electron chi connectivity index (χ4n) is 1.98. The molecule has 1 heterocycles. The Morgan fingerprint density at radius 3 is 2.65 bits per heavy atom. The summed E-state index contributed by atoms with van der Waals surface area (Å²) in [6.07, 6.45) is 0.315. The quantitative estimate of drug-likeness (QED) is 0.890. The third-order valence-electron chi connectivity index (χ3n) is 3.06. The van der Waals surface area contributed by atoms with Crippen molar-refractivity contribution in [3.63, 3.8) is 0 Å². The van der Waals surface area contributed by atoms with Crippen molar-refractivity contribution in [2.45, 2.75) is 33.3 Å². The molecule has 2 aromatic rings. The molecule has 4 heteroatoms. The smallest absolute Gasteiger partial charge is 0.148 e. The first-order valence-corrected chi connectivity index (χ1v) is 7.42. The third kappa shape index (κ3) is 3.38. The number of aliphatic hydroxyl groups is 1. The Morgan fingerprint density at radius 1 is 1.30 bits per heavy atom. The van der Waals surface area contributed by atoms with Gasteiger partial charge in [0.15, 0.2) is 0 Å². The van der Waals surface area contributed by atoms with E-state index in [4.69, 9.17) is 4.74 Å². The summed E-state index contributed by atoms with van der Waals surface area (Å²) in [4.78, 5) is 4.48. The van der Waals surface area contributed by atoms with Gasteiger partial charge in [-0.15, -0.1) is 0 Å². The minimum atomic E-state index is -0.509. The first kappa shape index (κ1) is 15.0. The molecule has 0 aliphatic rings. The van der Waals surface area contributed by atoms with Gasteiger partial charge in [0, 0.05) is 10.2 Å². The van der Waals surface area contributed by atoms with Crippen LogP contribution in [0.2, 0.25) is 0 Å². The van der Waals surface area contributed by atoms with E-state index in [2.05, 4.69) is 27.8 Å². The lowest BCUT2D eigenvalue weighted by Gasteiger charge is -2.12. The van der Waals surface area contributed by atoms with E-state index >= 15 is 0 Å². The fraction of sp³-hybridized carbons (Fsp3) is 0.312. The van der Waals surface area contributed by atoms with Crippen LogP contribution in [0.4, 0.5) is 0 Å². The van der Waals surface area contributed by atoms with Gasteiger partial charge in [0.05, 0.1) is 11.8 Å². The number of halogens is 1. The van der Waals surface area contributed by atoms with E-state index in [-0.39, 0.29) is 0 Å². The summed E-state index contributed by atoms with van der Waals surface area (Å²) in [6.45, 7) is 5.76. The molecule has 1 atom stereocenters. The van der Waals surface area contributed by atoms with E-state index in [1.54, 1.807) is 6.92 Å². The van der Waals surface area contributed by atoms with Crippen LogP contribution in [0.5, 0.6) is 11.5 Å². The summed E-state index contributed by atoms with van der Waals surface area (Å²) in [5, 5.41) is 9.62. The average Bonchev–Trinajstić information content (AvgIpc) is 2.40. The van der Waals surface area contributed by atoms with Crippen LogP contribution in [0.15, 0.2) is 34.8 Å². The van der Waals surface area contributed by atoms with Crippen molar-refractivity contribution in [2.75, 3.05) is 0 Å². The van der Waals surface area contributed by atoms with Gasteiger partial charge in [0.25, 0.3) is 0 Å². The molecule has 106 valence electrons. The molecule has 0 aliphatic carbocycles. The Balaban J connectivity index is 2.28. The highest BCUT2D eigenvalue weighted by Crippen LogP contribution is 2.31. The van der Waals surface area contributed by atoms with E-state index in [1.807, 2.05) is 37.3 Å². The molecule has 2 rings (SSSR count). The highest BCUT2D eigenvalue weighted by atomic mass is 79.9. The number of hydrogen-bond donors (Lipinski definition) is 1. The topological polar surface area (TPSA) is 42.4 Å². The number of ether oxygens (including phenoxy) is 1. The van der Waals surface area contributed by atoms with Crippen molar-refractivity contribution in [3.8, 4) is 11.5 Å². The number of aromatic nitrogens is 1. The lowest BCUT2D eigenvalue weighted by molar-refractivity contribution is 0.198. The van der Waals surface area contributed by atoms with Crippen LogP contribution in [-0.2, 0) is 6.42 Å². The Kier molecular flexibility index (Phi) is 4.78. The number of rotatable bonds is 4. The third-order valence-corrected chi connectivity index (χ3v) is 3.74. The van der Waals surface area contributed by atoms with Crippen molar-refractivity contribution in [2.24, 2.45) is 0 Å². The lowest BCUT2D eigenvalue weighted by Crippen LogP contribution is -1.97. The molecule has 1 N–H and O–H groups in total. The van der Waals surface area contributed by atoms with E-state index in [1.165, 1.54) is 0 Å². The molecule has 0 bridgehead atoms. The Bertz CT molecular complexity index is 611. The van der Waals surface area contributed by atoms with Crippen LogP contribution < -0.4 is 4.74 Å². The van der Waals surface area contributed by atoms with Crippen molar-refractivity contribution < 1.29 is 9.84 Å². The largest absolute Gasteiger partial charge is 0.455 e. The van der Waals surface area contributed by atoms with Crippen molar-refractivity contribution in [1.82, 2.24) is 4.98 Å². The Morgan fingerprint density at radius 2 is 2.05 bits per heavy atom. The monoisotopic (exact) mass is 335 g/mol. The minimum absolute atomic E-state index is 0.509. The van der Waals surface area contributed by atoms with Gasteiger partial charge in [0.2, 0.25) is 0 Å². The summed E-state index contributed by atoms with van der Waals surface area (Å²) in [6, 6.07) is 9.45. The van der Waals surface area contributed by atoms with Crippen LogP contribution in [0, 0.1) is 6.92 Å². The van der Waals surface area contributed by atoms with Crippen LogP contribution in [0.3, 0.4) is 0 Å². The number of pyridine rings is 1. The summed E-state index contributed by atoms with van der Waals surface area (Å²) in [5.41, 5.74) is 2.77. The number of nitrogens with zero attached hydrogens (tertiary/aromatic N) is 1. The second-order valence-corrected chi connectivity index (χ2v) is 5.57. The summed E-state index contributed by atoms with van der Waals surface area (Å²) < 4.78 is 6.73. The molecule has 0 saturated carbocycles.